The largest absolute Gasteiger partial charge is 0.497 e. The summed E-state index contributed by atoms with van der Waals surface area (Å²) in [6.45, 7) is 0. The lowest BCUT2D eigenvalue weighted by molar-refractivity contribution is -0.115. The number of hydrogen-bond donors (Lipinski definition) is 1. The van der Waals surface area contributed by atoms with E-state index in [0.29, 0.717) is 6.42 Å². The molecule has 1 aliphatic heterocycles. The highest BCUT2D eigenvalue weighted by Gasteiger charge is 2.13. The van der Waals surface area contributed by atoms with E-state index in [1.54, 1.807) is 18.9 Å². The second-order valence-electron chi connectivity index (χ2n) is 3.01. The third-order valence-electron chi connectivity index (χ3n) is 2.05. The van der Waals surface area contributed by atoms with E-state index in [1.165, 1.54) is 0 Å². The molecular formula is C10H11NO2S. The molecule has 0 atom stereocenters. The molecule has 1 aliphatic rings. The molecule has 74 valence electrons. The molecule has 0 bridgehead atoms. The van der Waals surface area contributed by atoms with Crippen LogP contribution >= 0.6 is 11.8 Å². The molecule has 2 rings (SSSR count). The number of ether oxygens (including phenoxy) is 1. The number of hydrogen-bond acceptors (Lipinski definition) is 3. The Hall–Kier alpha value is -1.16. The van der Waals surface area contributed by atoms with E-state index in [9.17, 15) is 4.79 Å². The van der Waals surface area contributed by atoms with Crippen LogP contribution in [0.4, 0.5) is 5.69 Å². The van der Waals surface area contributed by atoms with E-state index in [4.69, 9.17) is 4.74 Å². The predicted octanol–water partition coefficient (Wildman–Crippen LogP) is 2.13. The normalized spacial score (nSPS) is 15.4. The summed E-state index contributed by atoms with van der Waals surface area (Å²) < 4.78 is 5.10. The van der Waals surface area contributed by atoms with Gasteiger partial charge in [0.15, 0.2) is 0 Å². The van der Waals surface area contributed by atoms with Crippen molar-refractivity contribution in [2.45, 2.75) is 11.3 Å². The Balaban J connectivity index is 2.36. The number of amides is 1. The van der Waals surface area contributed by atoms with Gasteiger partial charge in [-0.2, -0.15) is 0 Å². The summed E-state index contributed by atoms with van der Waals surface area (Å²) in [6, 6.07) is 5.74. The Labute approximate surface area is 86.8 Å². The molecule has 0 saturated carbocycles. The molecule has 14 heavy (non-hydrogen) atoms. The molecule has 4 heteroatoms. The van der Waals surface area contributed by atoms with Crippen molar-refractivity contribution in [2.24, 2.45) is 0 Å². The molecule has 0 saturated heterocycles. The molecule has 0 aliphatic carbocycles. The maximum atomic E-state index is 11.3. The van der Waals surface area contributed by atoms with Crippen molar-refractivity contribution in [1.29, 1.82) is 0 Å². The Morgan fingerprint density at radius 2 is 2.36 bits per heavy atom. The lowest BCUT2D eigenvalue weighted by Gasteiger charge is -2.07. The average molecular weight is 209 g/mol. The fraction of sp³-hybridized carbons (Fsp3) is 0.300. The molecule has 1 heterocycles. The molecular weight excluding hydrogens is 198 g/mol. The zero-order valence-corrected chi connectivity index (χ0v) is 8.69. The van der Waals surface area contributed by atoms with Crippen molar-refractivity contribution in [3.63, 3.8) is 0 Å². The lowest BCUT2D eigenvalue weighted by atomic mass is 10.3. The number of rotatable bonds is 1. The fourth-order valence-electron chi connectivity index (χ4n) is 1.33. The van der Waals surface area contributed by atoms with Crippen LogP contribution in [0.25, 0.3) is 0 Å². The Morgan fingerprint density at radius 3 is 3.14 bits per heavy atom. The van der Waals surface area contributed by atoms with Gasteiger partial charge in [0.2, 0.25) is 5.91 Å². The number of benzene rings is 1. The summed E-state index contributed by atoms with van der Waals surface area (Å²) in [7, 11) is 1.62. The number of carbonyl (C=O) groups is 1. The van der Waals surface area contributed by atoms with Gasteiger partial charge in [0.05, 0.1) is 12.8 Å². The van der Waals surface area contributed by atoms with Gasteiger partial charge in [-0.25, -0.2) is 0 Å². The van der Waals surface area contributed by atoms with E-state index in [1.807, 2.05) is 18.2 Å². The van der Waals surface area contributed by atoms with E-state index in [2.05, 4.69) is 5.32 Å². The smallest absolute Gasteiger partial charge is 0.225 e. The van der Waals surface area contributed by atoms with E-state index in [0.717, 1.165) is 22.1 Å². The van der Waals surface area contributed by atoms with Crippen molar-refractivity contribution in [1.82, 2.24) is 0 Å². The molecule has 0 radical (unpaired) electrons. The van der Waals surface area contributed by atoms with Crippen molar-refractivity contribution < 1.29 is 9.53 Å². The van der Waals surface area contributed by atoms with Crippen LogP contribution in [0.2, 0.25) is 0 Å². The van der Waals surface area contributed by atoms with Crippen LogP contribution < -0.4 is 10.1 Å². The van der Waals surface area contributed by atoms with Crippen LogP contribution in [-0.4, -0.2) is 18.8 Å². The van der Waals surface area contributed by atoms with E-state index >= 15 is 0 Å². The summed E-state index contributed by atoms with van der Waals surface area (Å²) in [5, 5.41) is 2.86. The summed E-state index contributed by atoms with van der Waals surface area (Å²) in [6.07, 6.45) is 0.571. The van der Waals surface area contributed by atoms with Gasteiger partial charge in [-0.05, 0) is 12.1 Å². The predicted molar refractivity (Wildman–Crippen MR) is 57.0 cm³/mol. The molecule has 1 amide bonds. The third kappa shape index (κ3) is 1.85. The summed E-state index contributed by atoms with van der Waals surface area (Å²) >= 11 is 1.69. The number of methoxy groups -OCH3 is 1. The van der Waals surface area contributed by atoms with E-state index < -0.39 is 0 Å². The second-order valence-corrected chi connectivity index (χ2v) is 4.15. The van der Waals surface area contributed by atoms with Crippen LogP contribution in [0.3, 0.4) is 0 Å². The Morgan fingerprint density at radius 1 is 1.50 bits per heavy atom. The minimum Gasteiger partial charge on any atom is -0.497 e. The first-order chi connectivity index (χ1) is 6.79. The standard InChI is InChI=1S/C10H11NO2S/c1-13-7-2-3-9-8(6-7)11-10(12)4-5-14-9/h2-3,6H,4-5H2,1H3,(H,11,12). The van der Waals surface area contributed by atoms with E-state index in [-0.39, 0.29) is 5.91 Å². The maximum Gasteiger partial charge on any atom is 0.225 e. The number of thioether (sulfide) groups is 1. The molecule has 0 aromatic heterocycles. The highest BCUT2D eigenvalue weighted by molar-refractivity contribution is 7.99. The first kappa shape index (κ1) is 9.40. The van der Waals surface area contributed by atoms with Gasteiger partial charge in [-0.15, -0.1) is 11.8 Å². The Bertz CT molecular complexity index is 365. The third-order valence-corrected chi connectivity index (χ3v) is 3.12. The quantitative estimate of drug-likeness (QED) is 0.770. The lowest BCUT2D eigenvalue weighted by Crippen LogP contribution is -2.10. The summed E-state index contributed by atoms with van der Waals surface area (Å²) in [5.74, 6) is 1.68. The van der Waals surface area contributed by atoms with Gasteiger partial charge in [-0.1, -0.05) is 0 Å². The molecule has 1 N–H and O–H groups in total. The Kier molecular flexibility index (Phi) is 2.63. The van der Waals surface area contributed by atoms with Gasteiger partial charge >= 0.3 is 0 Å². The number of anilines is 1. The topological polar surface area (TPSA) is 38.3 Å². The average Bonchev–Trinajstić information content (AvgIpc) is 2.37. The SMILES string of the molecule is COc1ccc2c(c1)NC(=O)CCS2. The number of carbonyl (C=O) groups excluding carboxylic acids is 1. The second kappa shape index (κ2) is 3.92. The van der Waals surface area contributed by atoms with Gasteiger partial charge in [0, 0.05) is 23.1 Å². The van der Waals surface area contributed by atoms with Crippen LogP contribution in [-0.2, 0) is 4.79 Å². The van der Waals surface area contributed by atoms with Gasteiger partial charge < -0.3 is 10.1 Å². The van der Waals surface area contributed by atoms with Crippen LogP contribution in [0.1, 0.15) is 6.42 Å². The zero-order valence-electron chi connectivity index (χ0n) is 7.87. The highest BCUT2D eigenvalue weighted by atomic mass is 32.2. The first-order valence-corrected chi connectivity index (χ1v) is 5.39. The monoisotopic (exact) mass is 209 g/mol. The van der Waals surface area contributed by atoms with Crippen molar-refractivity contribution in [3.8, 4) is 5.75 Å². The molecule has 0 unspecified atom stereocenters. The summed E-state index contributed by atoms with van der Waals surface area (Å²) in [4.78, 5) is 12.4. The number of nitrogens with one attached hydrogen (secondary N) is 1. The minimum atomic E-state index is 0.0736. The van der Waals surface area contributed by atoms with Crippen LogP contribution in [0, 0.1) is 0 Å². The molecule has 0 spiro atoms. The van der Waals surface area contributed by atoms with Crippen LogP contribution in [0.15, 0.2) is 23.1 Å². The first-order valence-electron chi connectivity index (χ1n) is 4.40. The molecule has 1 aromatic rings. The minimum absolute atomic E-state index is 0.0736. The van der Waals surface area contributed by atoms with Gasteiger partial charge in [0.1, 0.15) is 5.75 Å². The number of fused-ring (bicyclic) bond motifs is 1. The zero-order chi connectivity index (χ0) is 9.97. The summed E-state index contributed by atoms with van der Waals surface area (Å²) in [5.41, 5.74) is 0.858. The van der Waals surface area contributed by atoms with Crippen molar-refractivity contribution in [3.05, 3.63) is 18.2 Å². The van der Waals surface area contributed by atoms with Gasteiger partial charge in [0.25, 0.3) is 0 Å². The van der Waals surface area contributed by atoms with Gasteiger partial charge in [-0.3, -0.25) is 4.79 Å². The van der Waals surface area contributed by atoms with Crippen molar-refractivity contribution >= 4 is 23.4 Å². The van der Waals surface area contributed by atoms with Crippen LogP contribution in [0.5, 0.6) is 5.75 Å². The molecule has 1 aromatic carbocycles. The highest BCUT2D eigenvalue weighted by Crippen LogP contribution is 2.33. The fourth-order valence-corrected chi connectivity index (χ4v) is 2.26. The maximum absolute atomic E-state index is 11.3. The van der Waals surface area contributed by atoms with Crippen molar-refractivity contribution in [2.75, 3.05) is 18.2 Å². The molecule has 3 nitrogen and oxygen atoms in total. The molecule has 0 fully saturated rings.